The summed E-state index contributed by atoms with van der Waals surface area (Å²) in [6.45, 7) is 9.46. The molecule has 112 valence electrons. The van der Waals surface area contributed by atoms with E-state index in [2.05, 4.69) is 31.0 Å². The van der Waals surface area contributed by atoms with E-state index in [1.54, 1.807) is 6.07 Å². The maximum Gasteiger partial charge on any atom is 0.124 e. The maximum atomic E-state index is 13.1. The minimum atomic E-state index is -0.274. The monoisotopic (exact) mass is 298 g/mol. The average molecular weight is 299 g/mol. The van der Waals surface area contributed by atoms with Crippen molar-refractivity contribution in [3.8, 4) is 0 Å². The van der Waals surface area contributed by atoms with Crippen LogP contribution in [0.15, 0.2) is 18.2 Å². The van der Waals surface area contributed by atoms with Crippen molar-refractivity contribution in [1.82, 2.24) is 10.2 Å². The summed E-state index contributed by atoms with van der Waals surface area (Å²) in [5.74, 6) is -0.274. The summed E-state index contributed by atoms with van der Waals surface area (Å²) in [5, 5.41) is 4.18. The molecule has 2 rings (SSSR count). The largest absolute Gasteiger partial charge is 0.309 e. The van der Waals surface area contributed by atoms with Crippen molar-refractivity contribution in [3.05, 3.63) is 34.6 Å². The van der Waals surface area contributed by atoms with Gasteiger partial charge in [-0.15, -0.1) is 0 Å². The molecule has 0 saturated carbocycles. The molecule has 0 spiro atoms. The Labute approximate surface area is 126 Å². The van der Waals surface area contributed by atoms with Crippen LogP contribution < -0.4 is 5.32 Å². The predicted octanol–water partition coefficient (Wildman–Crippen LogP) is 3.83. The first-order valence-corrected chi connectivity index (χ1v) is 7.78. The Morgan fingerprint density at radius 2 is 2.20 bits per heavy atom. The lowest BCUT2D eigenvalue weighted by molar-refractivity contribution is 0.0755. The molecule has 1 aliphatic rings. The van der Waals surface area contributed by atoms with Crippen molar-refractivity contribution >= 4 is 11.6 Å². The first-order chi connectivity index (χ1) is 9.47. The molecule has 0 amide bonds. The van der Waals surface area contributed by atoms with Crippen molar-refractivity contribution in [2.75, 3.05) is 13.1 Å². The van der Waals surface area contributed by atoms with Crippen LogP contribution in [0.25, 0.3) is 0 Å². The zero-order valence-corrected chi connectivity index (χ0v) is 13.3. The molecule has 0 aromatic heterocycles. The van der Waals surface area contributed by atoms with E-state index in [1.165, 1.54) is 12.1 Å². The zero-order chi connectivity index (χ0) is 14.8. The number of rotatable bonds is 4. The van der Waals surface area contributed by atoms with Gasteiger partial charge in [0.05, 0.1) is 0 Å². The molecule has 1 fully saturated rings. The Morgan fingerprint density at radius 1 is 1.45 bits per heavy atom. The molecule has 2 atom stereocenters. The third-order valence-corrected chi connectivity index (χ3v) is 4.82. The molecule has 1 saturated heterocycles. The van der Waals surface area contributed by atoms with Crippen molar-refractivity contribution < 1.29 is 4.39 Å². The van der Waals surface area contributed by atoms with Crippen LogP contribution in [0.3, 0.4) is 0 Å². The van der Waals surface area contributed by atoms with Gasteiger partial charge >= 0.3 is 0 Å². The van der Waals surface area contributed by atoms with Crippen LogP contribution >= 0.6 is 11.6 Å². The summed E-state index contributed by atoms with van der Waals surface area (Å²) in [6, 6.07) is 5.20. The molecule has 0 aliphatic carbocycles. The number of piperazine rings is 1. The summed E-state index contributed by atoms with van der Waals surface area (Å²) >= 11 is 6.16. The highest BCUT2D eigenvalue weighted by molar-refractivity contribution is 6.31. The van der Waals surface area contributed by atoms with E-state index in [1.807, 2.05) is 0 Å². The Bertz CT molecular complexity index is 466. The lowest BCUT2D eigenvalue weighted by Crippen LogP contribution is -2.62. The van der Waals surface area contributed by atoms with Gasteiger partial charge in [0.1, 0.15) is 5.82 Å². The quantitative estimate of drug-likeness (QED) is 0.909. The Hall–Kier alpha value is -0.640. The molecular weight excluding hydrogens is 275 g/mol. The molecule has 4 heteroatoms. The summed E-state index contributed by atoms with van der Waals surface area (Å²) < 4.78 is 13.1. The fourth-order valence-corrected chi connectivity index (χ4v) is 3.05. The third kappa shape index (κ3) is 3.51. The van der Waals surface area contributed by atoms with Gasteiger partial charge in [0.2, 0.25) is 0 Å². The van der Waals surface area contributed by atoms with Crippen LogP contribution in [0.1, 0.15) is 39.2 Å². The number of nitrogens with zero attached hydrogens (tertiary/aromatic N) is 1. The SMILES string of the molecule is CCC1CNC(C)(CC)CN1Cc1ccc(F)cc1Cl. The summed E-state index contributed by atoms with van der Waals surface area (Å²) in [7, 11) is 0. The molecule has 1 heterocycles. The van der Waals surface area contributed by atoms with Gasteiger partial charge in [-0.2, -0.15) is 0 Å². The van der Waals surface area contributed by atoms with Gasteiger partial charge in [-0.1, -0.05) is 31.5 Å². The van der Waals surface area contributed by atoms with E-state index in [4.69, 9.17) is 11.6 Å². The second-order valence-corrected chi connectivity index (χ2v) is 6.41. The van der Waals surface area contributed by atoms with Crippen LogP contribution in [0.5, 0.6) is 0 Å². The van der Waals surface area contributed by atoms with Gasteiger partial charge in [0, 0.05) is 36.2 Å². The molecule has 1 aliphatic heterocycles. The lowest BCUT2D eigenvalue weighted by Gasteiger charge is -2.46. The highest BCUT2D eigenvalue weighted by Gasteiger charge is 2.33. The lowest BCUT2D eigenvalue weighted by atomic mass is 9.92. The zero-order valence-electron chi connectivity index (χ0n) is 12.5. The average Bonchev–Trinajstić information content (AvgIpc) is 2.42. The van der Waals surface area contributed by atoms with Gasteiger partial charge in [-0.3, -0.25) is 4.90 Å². The molecule has 1 N–H and O–H groups in total. The topological polar surface area (TPSA) is 15.3 Å². The first kappa shape index (κ1) is 15.7. The van der Waals surface area contributed by atoms with E-state index >= 15 is 0 Å². The third-order valence-electron chi connectivity index (χ3n) is 4.47. The van der Waals surface area contributed by atoms with Gasteiger partial charge in [-0.25, -0.2) is 4.39 Å². The summed E-state index contributed by atoms with van der Waals surface area (Å²) in [5.41, 5.74) is 1.16. The van der Waals surface area contributed by atoms with E-state index in [0.717, 1.165) is 38.0 Å². The number of hydrogen-bond acceptors (Lipinski definition) is 2. The van der Waals surface area contributed by atoms with Crippen LogP contribution in [0.4, 0.5) is 4.39 Å². The normalized spacial score (nSPS) is 27.8. The number of nitrogens with one attached hydrogen (secondary N) is 1. The Balaban J connectivity index is 2.15. The van der Waals surface area contributed by atoms with Crippen molar-refractivity contribution in [2.24, 2.45) is 0 Å². The second kappa shape index (κ2) is 6.42. The highest BCUT2D eigenvalue weighted by Crippen LogP contribution is 2.25. The van der Waals surface area contributed by atoms with Gasteiger partial charge in [0.25, 0.3) is 0 Å². The smallest absolute Gasteiger partial charge is 0.124 e. The van der Waals surface area contributed by atoms with E-state index in [9.17, 15) is 4.39 Å². The molecule has 2 nitrogen and oxygen atoms in total. The Kier molecular flexibility index (Phi) is 5.05. The maximum absolute atomic E-state index is 13.1. The number of hydrogen-bond donors (Lipinski definition) is 1. The number of halogens is 2. The second-order valence-electron chi connectivity index (χ2n) is 6.00. The molecule has 20 heavy (non-hydrogen) atoms. The van der Waals surface area contributed by atoms with Crippen molar-refractivity contribution in [3.63, 3.8) is 0 Å². The van der Waals surface area contributed by atoms with Gasteiger partial charge in [0.15, 0.2) is 0 Å². The molecule has 1 aromatic carbocycles. The summed E-state index contributed by atoms with van der Waals surface area (Å²) in [6.07, 6.45) is 2.20. The minimum Gasteiger partial charge on any atom is -0.309 e. The molecule has 0 radical (unpaired) electrons. The fraction of sp³-hybridized carbons (Fsp3) is 0.625. The molecule has 0 bridgehead atoms. The fourth-order valence-electron chi connectivity index (χ4n) is 2.82. The molecule has 2 unspecified atom stereocenters. The molecular formula is C16H24ClFN2. The highest BCUT2D eigenvalue weighted by atomic mass is 35.5. The van der Waals surface area contributed by atoms with Crippen molar-refractivity contribution in [2.45, 2.75) is 51.7 Å². The predicted molar refractivity (Wildman–Crippen MR) is 82.6 cm³/mol. The van der Waals surface area contributed by atoms with Crippen molar-refractivity contribution in [1.29, 1.82) is 0 Å². The summed E-state index contributed by atoms with van der Waals surface area (Å²) in [4.78, 5) is 2.47. The minimum absolute atomic E-state index is 0.151. The van der Waals surface area contributed by atoms with Gasteiger partial charge < -0.3 is 5.32 Å². The van der Waals surface area contributed by atoms with Crippen LogP contribution in [0.2, 0.25) is 5.02 Å². The first-order valence-electron chi connectivity index (χ1n) is 7.40. The standard InChI is InChI=1S/C16H24ClFN2/c1-4-14-9-19-16(3,5-2)11-20(14)10-12-6-7-13(18)8-15(12)17/h6-8,14,19H,4-5,9-11H2,1-3H3. The van der Waals surface area contributed by atoms with Crippen LogP contribution in [-0.4, -0.2) is 29.6 Å². The van der Waals surface area contributed by atoms with Gasteiger partial charge in [-0.05, 0) is 37.5 Å². The molecule has 1 aromatic rings. The van der Waals surface area contributed by atoms with Crippen LogP contribution in [-0.2, 0) is 6.54 Å². The van der Waals surface area contributed by atoms with E-state index < -0.39 is 0 Å². The Morgan fingerprint density at radius 3 is 2.80 bits per heavy atom. The number of benzene rings is 1. The van der Waals surface area contributed by atoms with E-state index in [-0.39, 0.29) is 11.4 Å². The van der Waals surface area contributed by atoms with Crippen LogP contribution in [0, 0.1) is 5.82 Å². The van der Waals surface area contributed by atoms with E-state index in [0.29, 0.717) is 11.1 Å².